The van der Waals surface area contributed by atoms with E-state index in [0.29, 0.717) is 32.6 Å². The molecule has 0 amide bonds. The van der Waals surface area contributed by atoms with Gasteiger partial charge >= 0.3 is 5.97 Å². The molecule has 2 aromatic carbocycles. The Morgan fingerprint density at radius 3 is 2.54 bits per heavy atom. The Kier molecular flexibility index (Phi) is 5.91. The molecule has 0 saturated heterocycles. The van der Waals surface area contributed by atoms with Crippen molar-refractivity contribution in [1.29, 1.82) is 0 Å². The van der Waals surface area contributed by atoms with E-state index >= 15 is 0 Å². The number of hydrogen-bond donors (Lipinski definition) is 1. The fourth-order valence-corrected chi connectivity index (χ4v) is 3.23. The zero-order valence-electron chi connectivity index (χ0n) is 15.1. The molecule has 0 fully saturated rings. The van der Waals surface area contributed by atoms with Crippen LogP contribution in [0, 0.1) is 12.7 Å². The first-order valence-corrected chi connectivity index (χ1v) is 9.17. The number of benzene rings is 2. The number of nitrogens with zero attached hydrogens (tertiary/aromatic N) is 2. The maximum atomic E-state index is 14.0. The van der Waals surface area contributed by atoms with Crippen molar-refractivity contribution in [3.05, 3.63) is 80.8 Å². The summed E-state index contributed by atoms with van der Waals surface area (Å²) in [5.74, 6) is -1.06. The molecule has 1 N–H and O–H groups in total. The van der Waals surface area contributed by atoms with Gasteiger partial charge in [0.15, 0.2) is 5.69 Å². The minimum Gasteiger partial charge on any atom is -0.488 e. The third kappa shape index (κ3) is 4.29. The molecule has 1 heterocycles. The maximum Gasteiger partial charge on any atom is 0.356 e. The predicted molar refractivity (Wildman–Crippen MR) is 105 cm³/mol. The Bertz CT molecular complexity index is 1040. The lowest BCUT2D eigenvalue weighted by Crippen LogP contribution is -2.13. The lowest BCUT2D eigenvalue weighted by molar-refractivity contribution is 0.0689. The minimum atomic E-state index is -1.10. The Morgan fingerprint density at radius 1 is 1.21 bits per heavy atom. The summed E-state index contributed by atoms with van der Waals surface area (Å²) in [5.41, 5.74) is 1.70. The summed E-state index contributed by atoms with van der Waals surface area (Å²) in [6.45, 7) is 3.62. The molecule has 1 unspecified atom stereocenters. The lowest BCUT2D eigenvalue weighted by atomic mass is 10.1. The molecule has 3 rings (SSSR count). The SMILES string of the molecule is Cc1cc(C(=O)O)nn1C(C)c1cc(Cl)ccc1OCc1ccc(Cl)cc1F. The summed E-state index contributed by atoms with van der Waals surface area (Å²) in [6.07, 6.45) is 0. The highest BCUT2D eigenvalue weighted by molar-refractivity contribution is 6.30. The first kappa shape index (κ1) is 20.2. The second-order valence-corrected chi connectivity index (χ2v) is 7.18. The van der Waals surface area contributed by atoms with E-state index in [2.05, 4.69) is 5.10 Å². The quantitative estimate of drug-likeness (QED) is 0.567. The van der Waals surface area contributed by atoms with Crippen LogP contribution in [0.2, 0.25) is 10.0 Å². The molecule has 0 aliphatic rings. The van der Waals surface area contributed by atoms with Crippen molar-refractivity contribution in [2.45, 2.75) is 26.5 Å². The van der Waals surface area contributed by atoms with Gasteiger partial charge in [-0.25, -0.2) is 9.18 Å². The van der Waals surface area contributed by atoms with E-state index in [0.717, 1.165) is 0 Å². The van der Waals surface area contributed by atoms with E-state index in [1.165, 1.54) is 12.1 Å². The monoisotopic (exact) mass is 422 g/mol. The smallest absolute Gasteiger partial charge is 0.356 e. The van der Waals surface area contributed by atoms with Crippen molar-refractivity contribution >= 4 is 29.2 Å². The van der Waals surface area contributed by atoms with Gasteiger partial charge in [-0.2, -0.15) is 5.10 Å². The molecule has 28 heavy (non-hydrogen) atoms. The third-order valence-electron chi connectivity index (χ3n) is 4.33. The number of halogens is 3. The van der Waals surface area contributed by atoms with Gasteiger partial charge in [-0.05, 0) is 50.2 Å². The van der Waals surface area contributed by atoms with Crippen LogP contribution in [0.4, 0.5) is 4.39 Å². The van der Waals surface area contributed by atoms with Crippen LogP contribution < -0.4 is 4.74 Å². The number of carbonyl (C=O) groups is 1. The van der Waals surface area contributed by atoms with Crippen LogP contribution in [0.1, 0.15) is 40.3 Å². The van der Waals surface area contributed by atoms with E-state index in [1.807, 2.05) is 6.92 Å². The highest BCUT2D eigenvalue weighted by Gasteiger charge is 2.20. The number of hydrogen-bond acceptors (Lipinski definition) is 3. The molecule has 8 heteroatoms. The highest BCUT2D eigenvalue weighted by atomic mass is 35.5. The second kappa shape index (κ2) is 8.20. The molecule has 0 bridgehead atoms. The van der Waals surface area contributed by atoms with Crippen LogP contribution in [0.3, 0.4) is 0 Å². The van der Waals surface area contributed by atoms with E-state index in [-0.39, 0.29) is 18.3 Å². The molecule has 0 aliphatic heterocycles. The van der Waals surface area contributed by atoms with E-state index in [9.17, 15) is 9.18 Å². The van der Waals surface area contributed by atoms with Crippen LogP contribution in [-0.4, -0.2) is 20.9 Å². The first-order valence-electron chi connectivity index (χ1n) is 8.42. The van der Waals surface area contributed by atoms with Crippen molar-refractivity contribution in [3.63, 3.8) is 0 Å². The predicted octanol–water partition coefficient (Wildman–Crippen LogP) is 5.52. The molecule has 1 aromatic heterocycles. The molecule has 0 saturated carbocycles. The summed E-state index contributed by atoms with van der Waals surface area (Å²) in [7, 11) is 0. The summed E-state index contributed by atoms with van der Waals surface area (Å²) in [4.78, 5) is 11.2. The van der Waals surface area contributed by atoms with Gasteiger partial charge in [-0.3, -0.25) is 4.68 Å². The number of carboxylic acid groups (broad SMARTS) is 1. The number of aromatic carboxylic acids is 1. The average Bonchev–Trinajstić information content (AvgIpc) is 3.03. The van der Waals surface area contributed by atoms with Gasteiger partial charge in [-0.15, -0.1) is 0 Å². The summed E-state index contributed by atoms with van der Waals surface area (Å²) in [5, 5.41) is 14.1. The average molecular weight is 423 g/mol. The van der Waals surface area contributed by atoms with Gasteiger partial charge in [0.2, 0.25) is 0 Å². The molecule has 0 spiro atoms. The van der Waals surface area contributed by atoms with Crippen molar-refractivity contribution in [2.75, 3.05) is 0 Å². The largest absolute Gasteiger partial charge is 0.488 e. The van der Waals surface area contributed by atoms with E-state index in [4.69, 9.17) is 33.0 Å². The number of aromatic nitrogens is 2. The molecule has 5 nitrogen and oxygen atoms in total. The van der Waals surface area contributed by atoms with Gasteiger partial charge in [-0.1, -0.05) is 29.3 Å². The minimum absolute atomic E-state index is 0.00280. The zero-order chi connectivity index (χ0) is 20.4. The Labute approximate surface area is 171 Å². The first-order chi connectivity index (χ1) is 13.3. The molecule has 1 atom stereocenters. The van der Waals surface area contributed by atoms with Crippen LogP contribution in [-0.2, 0) is 6.61 Å². The fourth-order valence-electron chi connectivity index (χ4n) is 2.89. The zero-order valence-corrected chi connectivity index (χ0v) is 16.6. The van der Waals surface area contributed by atoms with Gasteiger partial charge in [0.25, 0.3) is 0 Å². The van der Waals surface area contributed by atoms with Crippen molar-refractivity contribution in [1.82, 2.24) is 9.78 Å². The molecule has 146 valence electrons. The van der Waals surface area contributed by atoms with Crippen LogP contribution in [0.25, 0.3) is 0 Å². The van der Waals surface area contributed by atoms with E-state index < -0.39 is 11.8 Å². The Morgan fingerprint density at radius 2 is 1.89 bits per heavy atom. The van der Waals surface area contributed by atoms with Crippen molar-refractivity contribution < 1.29 is 19.0 Å². The maximum absolute atomic E-state index is 14.0. The highest BCUT2D eigenvalue weighted by Crippen LogP contribution is 2.32. The standard InChI is InChI=1S/C20H17Cl2FN2O3/c1-11-7-18(20(26)27)24-25(11)12(2)16-8-14(21)5-6-19(16)28-10-13-3-4-15(22)9-17(13)23/h3-9,12H,10H2,1-2H3,(H,26,27). The fraction of sp³-hybridized carbons (Fsp3) is 0.200. The summed E-state index contributed by atoms with van der Waals surface area (Å²) in [6, 6.07) is 10.6. The van der Waals surface area contributed by atoms with Crippen LogP contribution in [0.5, 0.6) is 5.75 Å². The molecular weight excluding hydrogens is 406 g/mol. The number of aryl methyl sites for hydroxylation is 1. The van der Waals surface area contributed by atoms with Gasteiger partial charge in [0.05, 0.1) is 6.04 Å². The molecule has 0 radical (unpaired) electrons. The number of carboxylic acids is 1. The summed E-state index contributed by atoms with van der Waals surface area (Å²) >= 11 is 11.9. The second-order valence-electron chi connectivity index (χ2n) is 6.30. The topological polar surface area (TPSA) is 64.3 Å². The normalized spacial score (nSPS) is 12.0. The van der Waals surface area contributed by atoms with Gasteiger partial charge in [0, 0.05) is 26.9 Å². The molecular formula is C20H17Cl2FN2O3. The van der Waals surface area contributed by atoms with Crippen LogP contribution >= 0.6 is 23.2 Å². The van der Waals surface area contributed by atoms with Crippen molar-refractivity contribution in [2.24, 2.45) is 0 Å². The van der Waals surface area contributed by atoms with Gasteiger partial charge in [0.1, 0.15) is 18.2 Å². The van der Waals surface area contributed by atoms with E-state index in [1.54, 1.807) is 41.9 Å². The Hall–Kier alpha value is -2.57. The number of rotatable bonds is 6. The lowest BCUT2D eigenvalue weighted by Gasteiger charge is -2.19. The Balaban J connectivity index is 1.91. The summed E-state index contributed by atoms with van der Waals surface area (Å²) < 4.78 is 21.4. The van der Waals surface area contributed by atoms with Gasteiger partial charge < -0.3 is 9.84 Å². The molecule has 0 aliphatic carbocycles. The molecule has 3 aromatic rings. The number of ether oxygens (including phenoxy) is 1. The van der Waals surface area contributed by atoms with Crippen molar-refractivity contribution in [3.8, 4) is 5.75 Å². The third-order valence-corrected chi connectivity index (χ3v) is 4.80. The van der Waals surface area contributed by atoms with Crippen LogP contribution in [0.15, 0.2) is 42.5 Å².